The average molecular weight is 214 g/mol. The first-order chi connectivity index (χ1) is 7.74. The molecule has 6 nitrogen and oxygen atoms in total. The number of aromatic nitrogens is 4. The summed E-state index contributed by atoms with van der Waals surface area (Å²) in [6.45, 7) is 0. The van der Waals surface area contributed by atoms with Crippen LogP contribution in [0.25, 0.3) is 21.8 Å². The molecule has 2 aromatic heterocycles. The van der Waals surface area contributed by atoms with E-state index in [-0.39, 0.29) is 0 Å². The van der Waals surface area contributed by atoms with Crippen molar-refractivity contribution in [2.75, 3.05) is 0 Å². The molecule has 0 aliphatic carbocycles. The molecule has 0 saturated heterocycles. The zero-order valence-electron chi connectivity index (χ0n) is 8.02. The van der Waals surface area contributed by atoms with Gasteiger partial charge in [-0.2, -0.15) is 0 Å². The van der Waals surface area contributed by atoms with E-state index in [4.69, 9.17) is 0 Å². The molecule has 0 unspecified atom stereocenters. The molecule has 0 atom stereocenters. The molecule has 0 amide bonds. The van der Waals surface area contributed by atoms with Crippen LogP contribution in [0.3, 0.4) is 0 Å². The van der Waals surface area contributed by atoms with Gasteiger partial charge in [-0.3, -0.25) is 9.78 Å². The number of H-pyrrole nitrogens is 2. The number of rotatable bonds is 0. The highest BCUT2D eigenvalue weighted by Crippen LogP contribution is 2.14. The molecule has 78 valence electrons. The van der Waals surface area contributed by atoms with Crippen molar-refractivity contribution < 1.29 is 0 Å². The Bertz CT molecular complexity index is 803. The van der Waals surface area contributed by atoms with Crippen LogP contribution in [0.1, 0.15) is 0 Å². The Balaban J connectivity index is 2.61. The van der Waals surface area contributed by atoms with Gasteiger partial charge in [0.1, 0.15) is 6.33 Å². The van der Waals surface area contributed by atoms with Gasteiger partial charge >= 0.3 is 5.69 Å². The Kier molecular flexibility index (Phi) is 1.64. The molecule has 1 aromatic carbocycles. The highest BCUT2D eigenvalue weighted by atomic mass is 16.2. The van der Waals surface area contributed by atoms with E-state index >= 15 is 0 Å². The smallest absolute Gasteiger partial charge is 0.307 e. The van der Waals surface area contributed by atoms with Crippen LogP contribution in [-0.2, 0) is 0 Å². The van der Waals surface area contributed by atoms with Gasteiger partial charge in [0.25, 0.3) is 5.56 Å². The van der Waals surface area contributed by atoms with Crippen LogP contribution < -0.4 is 11.2 Å². The van der Waals surface area contributed by atoms with Crippen molar-refractivity contribution in [3.63, 3.8) is 0 Å². The Morgan fingerprint density at radius 2 is 2.00 bits per heavy atom. The van der Waals surface area contributed by atoms with Crippen LogP contribution in [0.5, 0.6) is 0 Å². The summed E-state index contributed by atoms with van der Waals surface area (Å²) in [7, 11) is 0. The number of hydrogen-bond donors (Lipinski definition) is 2. The van der Waals surface area contributed by atoms with Gasteiger partial charge in [-0.25, -0.2) is 14.8 Å². The van der Waals surface area contributed by atoms with Gasteiger partial charge in [-0.15, -0.1) is 0 Å². The van der Waals surface area contributed by atoms with Crippen LogP contribution >= 0.6 is 0 Å². The van der Waals surface area contributed by atoms with Gasteiger partial charge in [0.05, 0.1) is 16.4 Å². The summed E-state index contributed by atoms with van der Waals surface area (Å²) < 4.78 is 0. The van der Waals surface area contributed by atoms with Crippen molar-refractivity contribution in [1.29, 1.82) is 0 Å². The summed E-state index contributed by atoms with van der Waals surface area (Å²) in [5, 5.41) is 1.18. The summed E-state index contributed by atoms with van der Waals surface area (Å²) in [5.41, 5.74) is 0.212. The van der Waals surface area contributed by atoms with E-state index < -0.39 is 11.2 Å². The topological polar surface area (TPSA) is 91.5 Å². The molecule has 2 N–H and O–H groups in total. The van der Waals surface area contributed by atoms with E-state index in [1.807, 2.05) is 0 Å². The third-order valence-electron chi connectivity index (χ3n) is 2.36. The molecule has 0 aliphatic rings. The third kappa shape index (κ3) is 1.20. The largest absolute Gasteiger partial charge is 0.326 e. The Hall–Kier alpha value is -2.50. The lowest BCUT2D eigenvalue weighted by atomic mass is 10.2. The first kappa shape index (κ1) is 8.78. The number of nitrogens with zero attached hydrogens (tertiary/aromatic N) is 2. The minimum absolute atomic E-state index is 0.408. The molecule has 6 heteroatoms. The maximum absolute atomic E-state index is 11.5. The van der Waals surface area contributed by atoms with Gasteiger partial charge in [-0.05, 0) is 12.1 Å². The zero-order chi connectivity index (χ0) is 11.1. The van der Waals surface area contributed by atoms with E-state index in [9.17, 15) is 9.59 Å². The maximum Gasteiger partial charge on any atom is 0.326 e. The lowest BCUT2D eigenvalue weighted by molar-refractivity contribution is 1.08. The van der Waals surface area contributed by atoms with Crippen molar-refractivity contribution in [2.45, 2.75) is 0 Å². The van der Waals surface area contributed by atoms with Crippen molar-refractivity contribution in [3.8, 4) is 0 Å². The quantitative estimate of drug-likeness (QED) is 0.521. The second-order valence-corrected chi connectivity index (χ2v) is 3.39. The molecular weight excluding hydrogens is 208 g/mol. The van der Waals surface area contributed by atoms with Crippen LogP contribution in [-0.4, -0.2) is 19.9 Å². The summed E-state index contributed by atoms with van der Waals surface area (Å²) in [6, 6.07) is 3.31. The van der Waals surface area contributed by atoms with Crippen molar-refractivity contribution in [2.24, 2.45) is 0 Å². The molecular formula is C10H6N4O2. The fourth-order valence-electron chi connectivity index (χ4n) is 1.64. The highest BCUT2D eigenvalue weighted by Gasteiger charge is 2.03. The number of aromatic amines is 2. The first-order valence-electron chi connectivity index (χ1n) is 4.60. The average Bonchev–Trinajstić information content (AvgIpc) is 2.27. The van der Waals surface area contributed by atoms with Gasteiger partial charge in [-0.1, -0.05) is 0 Å². The van der Waals surface area contributed by atoms with Crippen molar-refractivity contribution >= 4 is 21.8 Å². The summed E-state index contributed by atoms with van der Waals surface area (Å²) in [5.74, 6) is 0. The molecule has 3 rings (SSSR count). The number of nitrogens with one attached hydrogen (secondary N) is 2. The monoisotopic (exact) mass is 214 g/mol. The molecule has 0 bridgehead atoms. The summed E-state index contributed by atoms with van der Waals surface area (Å²) in [6.07, 6.45) is 3.04. The minimum Gasteiger partial charge on any atom is -0.307 e. The fraction of sp³-hybridized carbons (Fsp3) is 0. The van der Waals surface area contributed by atoms with Crippen LogP contribution in [0.2, 0.25) is 0 Å². The van der Waals surface area contributed by atoms with E-state index in [0.717, 1.165) is 5.39 Å². The number of fused-ring (bicyclic) bond motifs is 2. The maximum atomic E-state index is 11.5. The van der Waals surface area contributed by atoms with Crippen molar-refractivity contribution in [3.05, 3.63) is 45.5 Å². The van der Waals surface area contributed by atoms with Gasteiger partial charge in [0.15, 0.2) is 0 Å². The first-order valence-corrected chi connectivity index (χ1v) is 4.60. The van der Waals surface area contributed by atoms with E-state index in [0.29, 0.717) is 16.4 Å². The molecule has 0 aliphatic heterocycles. The standard InChI is InChI=1S/C10H6N4O2/c15-9-6-2-7-5(3-11-4-12-7)1-8(6)13-10(16)14-9/h1-4H,(H2,13,14,15,16). The summed E-state index contributed by atoms with van der Waals surface area (Å²) in [4.78, 5) is 35.3. The molecule has 0 spiro atoms. The van der Waals surface area contributed by atoms with E-state index in [2.05, 4.69) is 19.9 Å². The SMILES string of the molecule is O=c1[nH]c(=O)c2cc3ncncc3cc2[nH]1. The molecule has 0 fully saturated rings. The van der Waals surface area contributed by atoms with Crippen molar-refractivity contribution in [1.82, 2.24) is 19.9 Å². The second kappa shape index (κ2) is 2.99. The predicted molar refractivity (Wildman–Crippen MR) is 58.3 cm³/mol. The van der Waals surface area contributed by atoms with Crippen LogP contribution in [0, 0.1) is 0 Å². The summed E-state index contributed by atoms with van der Waals surface area (Å²) >= 11 is 0. The Morgan fingerprint density at radius 3 is 2.88 bits per heavy atom. The lowest BCUT2D eigenvalue weighted by Gasteiger charge is -1.99. The van der Waals surface area contributed by atoms with Gasteiger partial charge < -0.3 is 4.98 Å². The molecule has 16 heavy (non-hydrogen) atoms. The van der Waals surface area contributed by atoms with Gasteiger partial charge in [0, 0.05) is 11.6 Å². The van der Waals surface area contributed by atoms with Crippen LogP contribution in [0.15, 0.2) is 34.2 Å². The zero-order valence-corrected chi connectivity index (χ0v) is 8.02. The lowest BCUT2D eigenvalue weighted by Crippen LogP contribution is -2.21. The molecule has 3 aromatic rings. The molecule has 0 saturated carbocycles. The number of hydrogen-bond acceptors (Lipinski definition) is 4. The molecule has 2 heterocycles. The van der Waals surface area contributed by atoms with E-state index in [1.165, 1.54) is 6.33 Å². The predicted octanol–water partition coefficient (Wildman–Crippen LogP) is 0.160. The Labute approximate surface area is 88.0 Å². The highest BCUT2D eigenvalue weighted by molar-refractivity contribution is 5.93. The molecule has 0 radical (unpaired) electrons. The third-order valence-corrected chi connectivity index (χ3v) is 2.36. The normalized spacial score (nSPS) is 11.0. The van der Waals surface area contributed by atoms with E-state index in [1.54, 1.807) is 18.3 Å². The Morgan fingerprint density at radius 1 is 1.12 bits per heavy atom. The van der Waals surface area contributed by atoms with Crippen LogP contribution in [0.4, 0.5) is 0 Å². The second-order valence-electron chi connectivity index (χ2n) is 3.39. The fourth-order valence-corrected chi connectivity index (χ4v) is 1.64. The number of benzene rings is 1. The minimum atomic E-state index is -0.520. The van der Waals surface area contributed by atoms with Gasteiger partial charge in [0.2, 0.25) is 0 Å².